The second-order valence-corrected chi connectivity index (χ2v) is 7.14. The lowest BCUT2D eigenvalue weighted by atomic mass is 10.1. The number of nitrogens with zero attached hydrogens (tertiary/aromatic N) is 5. The van der Waals surface area contributed by atoms with E-state index in [9.17, 15) is 9.90 Å². The smallest absolute Gasteiger partial charge is 0.261 e. The van der Waals surface area contributed by atoms with Crippen LogP contribution in [0.5, 0.6) is 0 Å². The second kappa shape index (κ2) is 7.13. The molecule has 1 aliphatic rings. The van der Waals surface area contributed by atoms with Crippen molar-refractivity contribution in [1.82, 2.24) is 19.5 Å². The van der Waals surface area contributed by atoms with Crippen molar-refractivity contribution in [3.63, 3.8) is 0 Å². The maximum atomic E-state index is 12.9. The summed E-state index contributed by atoms with van der Waals surface area (Å²) in [6.45, 7) is 0.903. The molecule has 2 aromatic heterocycles. The van der Waals surface area contributed by atoms with Gasteiger partial charge in [-0.25, -0.2) is 15.0 Å². The molecule has 1 aromatic carbocycles. The van der Waals surface area contributed by atoms with E-state index in [-0.39, 0.29) is 24.8 Å². The van der Waals surface area contributed by atoms with E-state index in [2.05, 4.69) is 30.8 Å². The van der Waals surface area contributed by atoms with Crippen molar-refractivity contribution < 1.29 is 5.11 Å². The summed E-state index contributed by atoms with van der Waals surface area (Å²) in [5.41, 5.74) is 0.550. The molecule has 26 heavy (non-hydrogen) atoms. The van der Waals surface area contributed by atoms with Gasteiger partial charge in [0.15, 0.2) is 0 Å². The third-order valence-corrected chi connectivity index (χ3v) is 5.04. The third-order valence-electron chi connectivity index (χ3n) is 4.63. The minimum absolute atomic E-state index is 0.0972. The van der Waals surface area contributed by atoms with Gasteiger partial charge in [0, 0.05) is 18.9 Å². The number of para-hydroxylation sites is 1. The van der Waals surface area contributed by atoms with Gasteiger partial charge in [0.05, 0.1) is 34.6 Å². The van der Waals surface area contributed by atoms with Crippen LogP contribution in [-0.4, -0.2) is 37.8 Å². The van der Waals surface area contributed by atoms with E-state index in [0.29, 0.717) is 22.7 Å². The van der Waals surface area contributed by atoms with Crippen LogP contribution in [-0.2, 0) is 6.54 Å². The van der Waals surface area contributed by atoms with Gasteiger partial charge in [-0.2, -0.15) is 0 Å². The molecular weight excluding hydrogens is 398 g/mol. The van der Waals surface area contributed by atoms with Gasteiger partial charge in [-0.15, -0.1) is 0 Å². The number of rotatable bonds is 4. The van der Waals surface area contributed by atoms with Crippen LogP contribution in [0.15, 0.2) is 45.9 Å². The highest BCUT2D eigenvalue weighted by molar-refractivity contribution is 9.10. The zero-order valence-electron chi connectivity index (χ0n) is 14.0. The summed E-state index contributed by atoms with van der Waals surface area (Å²) in [6, 6.07) is 7.22. The minimum atomic E-state index is -0.122. The summed E-state index contributed by atoms with van der Waals surface area (Å²) in [5.74, 6) is 1.28. The average molecular weight is 416 g/mol. The van der Waals surface area contributed by atoms with E-state index in [1.54, 1.807) is 23.0 Å². The highest BCUT2D eigenvalue weighted by Crippen LogP contribution is 2.33. The predicted molar refractivity (Wildman–Crippen MR) is 102 cm³/mol. The van der Waals surface area contributed by atoms with Crippen molar-refractivity contribution in [3.8, 4) is 0 Å². The monoisotopic (exact) mass is 415 g/mol. The standard InChI is InChI=1S/C18H18BrN5O2/c19-12-10-20-18(21-11-12)23-7-3-6-15(23)16-22-14-5-2-1-4-13(14)17(26)24(16)8-9-25/h1-2,4-5,10-11,15,25H,3,6-9H2. The van der Waals surface area contributed by atoms with Gasteiger partial charge in [-0.05, 0) is 40.9 Å². The summed E-state index contributed by atoms with van der Waals surface area (Å²) in [7, 11) is 0. The zero-order chi connectivity index (χ0) is 18.1. The lowest BCUT2D eigenvalue weighted by molar-refractivity contribution is 0.270. The van der Waals surface area contributed by atoms with Crippen LogP contribution in [0.1, 0.15) is 24.7 Å². The van der Waals surface area contributed by atoms with Crippen LogP contribution in [0.3, 0.4) is 0 Å². The molecule has 0 aliphatic carbocycles. The molecule has 0 radical (unpaired) electrons. The Balaban J connectivity index is 1.85. The molecule has 1 aliphatic heterocycles. The number of hydrogen-bond acceptors (Lipinski definition) is 6. The highest BCUT2D eigenvalue weighted by Gasteiger charge is 2.32. The Kier molecular flexibility index (Phi) is 4.69. The molecule has 0 amide bonds. The molecule has 3 aromatic rings. The molecule has 8 heteroatoms. The first-order valence-electron chi connectivity index (χ1n) is 8.53. The largest absolute Gasteiger partial charge is 0.395 e. The predicted octanol–water partition coefficient (Wildman–Crippen LogP) is 2.28. The van der Waals surface area contributed by atoms with Gasteiger partial charge >= 0.3 is 0 Å². The first-order chi connectivity index (χ1) is 12.7. The van der Waals surface area contributed by atoms with Crippen LogP contribution in [0.2, 0.25) is 0 Å². The number of anilines is 1. The molecule has 0 spiro atoms. The minimum Gasteiger partial charge on any atom is -0.395 e. The van der Waals surface area contributed by atoms with Crippen LogP contribution in [0.4, 0.5) is 5.95 Å². The Bertz CT molecular complexity index is 989. The molecule has 134 valence electrons. The number of fused-ring (bicyclic) bond motifs is 1. The summed E-state index contributed by atoms with van der Waals surface area (Å²) in [4.78, 5) is 28.6. The van der Waals surface area contributed by atoms with Crippen LogP contribution >= 0.6 is 15.9 Å². The van der Waals surface area contributed by atoms with Crippen molar-refractivity contribution in [2.45, 2.75) is 25.4 Å². The number of hydrogen-bond donors (Lipinski definition) is 1. The fourth-order valence-electron chi connectivity index (χ4n) is 3.48. The van der Waals surface area contributed by atoms with Gasteiger partial charge in [0.1, 0.15) is 5.82 Å². The molecule has 1 N–H and O–H groups in total. The van der Waals surface area contributed by atoms with Crippen molar-refractivity contribution in [2.24, 2.45) is 0 Å². The van der Waals surface area contributed by atoms with Gasteiger partial charge in [-0.1, -0.05) is 12.1 Å². The van der Waals surface area contributed by atoms with Crippen molar-refractivity contribution in [1.29, 1.82) is 0 Å². The van der Waals surface area contributed by atoms with Gasteiger partial charge < -0.3 is 10.0 Å². The second-order valence-electron chi connectivity index (χ2n) is 6.22. The number of aliphatic hydroxyl groups is 1. The Labute approximate surface area is 158 Å². The lowest BCUT2D eigenvalue weighted by Gasteiger charge is -2.26. The van der Waals surface area contributed by atoms with Gasteiger partial charge in [0.2, 0.25) is 5.95 Å². The molecule has 4 rings (SSSR count). The normalized spacial score (nSPS) is 17.2. The molecule has 1 unspecified atom stereocenters. The molecule has 1 saturated heterocycles. The molecular formula is C18H18BrN5O2. The zero-order valence-corrected chi connectivity index (χ0v) is 15.6. The maximum Gasteiger partial charge on any atom is 0.261 e. The highest BCUT2D eigenvalue weighted by atomic mass is 79.9. The van der Waals surface area contributed by atoms with Crippen molar-refractivity contribution >= 4 is 32.8 Å². The number of aromatic nitrogens is 4. The van der Waals surface area contributed by atoms with Crippen LogP contribution in [0.25, 0.3) is 10.9 Å². The summed E-state index contributed by atoms with van der Waals surface area (Å²) < 4.78 is 2.41. The Hall–Kier alpha value is -2.32. The molecule has 1 atom stereocenters. The maximum absolute atomic E-state index is 12.9. The van der Waals surface area contributed by atoms with Crippen molar-refractivity contribution in [2.75, 3.05) is 18.1 Å². The molecule has 7 nitrogen and oxygen atoms in total. The summed E-state index contributed by atoms with van der Waals surface area (Å²) in [5, 5.41) is 10.0. The Morgan fingerprint density at radius 1 is 1.23 bits per heavy atom. The van der Waals surface area contributed by atoms with Gasteiger partial charge in [0.25, 0.3) is 5.56 Å². The Morgan fingerprint density at radius 3 is 2.77 bits per heavy atom. The van der Waals surface area contributed by atoms with E-state index in [1.807, 2.05) is 18.2 Å². The first kappa shape index (κ1) is 17.1. The average Bonchev–Trinajstić information content (AvgIpc) is 3.14. The topological polar surface area (TPSA) is 84.1 Å². The fourth-order valence-corrected chi connectivity index (χ4v) is 3.69. The number of benzene rings is 1. The third kappa shape index (κ3) is 2.99. The van der Waals surface area contributed by atoms with Crippen LogP contribution < -0.4 is 10.5 Å². The molecule has 1 fully saturated rings. The van der Waals surface area contributed by atoms with E-state index in [0.717, 1.165) is 23.9 Å². The summed E-state index contributed by atoms with van der Waals surface area (Å²) >= 11 is 3.35. The quantitative estimate of drug-likeness (QED) is 0.703. The van der Waals surface area contributed by atoms with E-state index in [4.69, 9.17) is 4.98 Å². The van der Waals surface area contributed by atoms with Crippen LogP contribution in [0, 0.1) is 0 Å². The first-order valence-corrected chi connectivity index (χ1v) is 9.33. The fraction of sp³-hybridized carbons (Fsp3) is 0.333. The van der Waals surface area contributed by atoms with E-state index < -0.39 is 0 Å². The molecule has 3 heterocycles. The number of aliphatic hydroxyl groups excluding tert-OH is 1. The van der Waals surface area contributed by atoms with E-state index in [1.165, 1.54) is 0 Å². The van der Waals surface area contributed by atoms with Crippen molar-refractivity contribution in [3.05, 3.63) is 57.3 Å². The van der Waals surface area contributed by atoms with Gasteiger partial charge in [-0.3, -0.25) is 9.36 Å². The lowest BCUT2D eigenvalue weighted by Crippen LogP contribution is -2.33. The number of halogens is 1. The molecule has 0 saturated carbocycles. The molecule has 0 bridgehead atoms. The Morgan fingerprint density at radius 2 is 2.00 bits per heavy atom. The van der Waals surface area contributed by atoms with E-state index >= 15 is 0 Å². The summed E-state index contributed by atoms with van der Waals surface area (Å²) in [6.07, 6.45) is 5.25. The SMILES string of the molecule is O=c1c2ccccc2nc(C2CCCN2c2ncc(Br)cn2)n1CCO.